The zero-order chi connectivity index (χ0) is 8.39. The number of hydrogen-bond donors (Lipinski definition) is 3. The van der Waals surface area contributed by atoms with Crippen LogP contribution in [0.25, 0.3) is 11.0 Å². The Balaban J connectivity index is 2.46. The van der Waals surface area contributed by atoms with Crippen LogP contribution < -0.4 is 5.32 Å². The monoisotopic (exact) mass is 163 g/mol. The predicted octanol–water partition coefficient (Wildman–Crippen LogP) is 0.925. The van der Waals surface area contributed by atoms with Crippen LogP contribution in [0.3, 0.4) is 0 Å². The van der Waals surface area contributed by atoms with Gasteiger partial charge in [-0.15, -0.1) is 0 Å². The zero-order valence-electron chi connectivity index (χ0n) is 6.41. The summed E-state index contributed by atoms with van der Waals surface area (Å²) in [5.41, 5.74) is 2.78. The molecule has 0 atom stereocenters. The predicted molar refractivity (Wildman–Crippen MR) is 46.8 cm³/mol. The van der Waals surface area contributed by atoms with Gasteiger partial charge in [-0.2, -0.15) is 0 Å². The number of anilines is 1. The van der Waals surface area contributed by atoms with Gasteiger partial charge in [-0.25, -0.2) is 4.98 Å². The lowest BCUT2D eigenvalue weighted by Gasteiger charge is -2.00. The molecule has 62 valence electrons. The van der Waals surface area contributed by atoms with E-state index in [1.54, 1.807) is 6.33 Å². The van der Waals surface area contributed by atoms with Gasteiger partial charge in [-0.1, -0.05) is 0 Å². The minimum absolute atomic E-state index is 0.0559. The molecule has 0 aliphatic rings. The van der Waals surface area contributed by atoms with Crippen molar-refractivity contribution >= 4 is 16.7 Å². The van der Waals surface area contributed by atoms with Crippen LogP contribution in [0.1, 0.15) is 0 Å². The van der Waals surface area contributed by atoms with Gasteiger partial charge in [0.2, 0.25) is 0 Å². The summed E-state index contributed by atoms with van der Waals surface area (Å²) in [6.07, 6.45) is 1.65. The Morgan fingerprint density at radius 2 is 2.42 bits per heavy atom. The molecule has 3 N–H and O–H groups in total. The summed E-state index contributed by atoms with van der Waals surface area (Å²) in [6, 6.07) is 5.67. The van der Waals surface area contributed by atoms with Crippen molar-refractivity contribution in [3.63, 3.8) is 0 Å². The fourth-order valence-electron chi connectivity index (χ4n) is 1.14. The molecule has 1 aromatic heterocycles. The third kappa shape index (κ3) is 1.12. The Hall–Kier alpha value is -1.55. The van der Waals surface area contributed by atoms with Crippen molar-refractivity contribution < 1.29 is 5.11 Å². The summed E-state index contributed by atoms with van der Waals surface area (Å²) >= 11 is 0. The van der Waals surface area contributed by atoms with E-state index >= 15 is 0 Å². The molecule has 0 aliphatic carbocycles. The SMILES string of the molecule is OCNc1ccc2nc[nH]c2c1. The van der Waals surface area contributed by atoms with E-state index in [0.717, 1.165) is 16.7 Å². The molecule has 12 heavy (non-hydrogen) atoms. The van der Waals surface area contributed by atoms with Crippen LogP contribution >= 0.6 is 0 Å². The van der Waals surface area contributed by atoms with Crippen LogP contribution in [0, 0.1) is 0 Å². The molecule has 0 saturated carbocycles. The van der Waals surface area contributed by atoms with Gasteiger partial charge >= 0.3 is 0 Å². The number of nitrogens with one attached hydrogen (secondary N) is 2. The number of benzene rings is 1. The molecule has 0 saturated heterocycles. The van der Waals surface area contributed by atoms with Gasteiger partial charge in [0.15, 0.2) is 0 Å². The Bertz CT molecular complexity index is 382. The van der Waals surface area contributed by atoms with Crippen molar-refractivity contribution in [2.24, 2.45) is 0 Å². The summed E-state index contributed by atoms with van der Waals surface area (Å²) in [5, 5.41) is 11.4. The van der Waals surface area contributed by atoms with E-state index in [-0.39, 0.29) is 6.73 Å². The normalized spacial score (nSPS) is 10.4. The molecule has 0 fully saturated rings. The van der Waals surface area contributed by atoms with Crippen LogP contribution in [-0.2, 0) is 0 Å². The highest BCUT2D eigenvalue weighted by atomic mass is 16.3. The minimum atomic E-state index is -0.0559. The average molecular weight is 163 g/mol. The lowest BCUT2D eigenvalue weighted by atomic mass is 10.3. The Morgan fingerprint density at radius 3 is 3.25 bits per heavy atom. The molecule has 4 nitrogen and oxygen atoms in total. The Kier molecular flexibility index (Phi) is 1.68. The lowest BCUT2D eigenvalue weighted by molar-refractivity contribution is 0.326. The number of aliphatic hydroxyl groups excluding tert-OH is 1. The standard InChI is InChI=1S/C8H9N3O/c12-5-11-6-1-2-7-8(3-6)10-4-9-7/h1-4,11-12H,5H2,(H,9,10). The molecule has 0 aliphatic heterocycles. The number of aliphatic hydroxyl groups is 1. The Labute approximate surface area is 69.3 Å². The summed E-state index contributed by atoms with van der Waals surface area (Å²) in [6.45, 7) is -0.0559. The number of aromatic nitrogens is 2. The first kappa shape index (κ1) is 7.12. The molecule has 0 spiro atoms. The van der Waals surface area contributed by atoms with E-state index in [4.69, 9.17) is 5.11 Å². The van der Waals surface area contributed by atoms with Crippen LogP contribution in [0.15, 0.2) is 24.5 Å². The number of fused-ring (bicyclic) bond motifs is 1. The van der Waals surface area contributed by atoms with Crippen molar-refractivity contribution in [2.75, 3.05) is 12.0 Å². The van der Waals surface area contributed by atoms with Crippen molar-refractivity contribution in [3.05, 3.63) is 24.5 Å². The molecule has 0 amide bonds. The lowest BCUT2D eigenvalue weighted by Crippen LogP contribution is -1.98. The molecule has 0 radical (unpaired) electrons. The highest BCUT2D eigenvalue weighted by Gasteiger charge is 1.95. The first-order valence-electron chi connectivity index (χ1n) is 3.68. The van der Waals surface area contributed by atoms with Gasteiger partial charge in [0.25, 0.3) is 0 Å². The molecule has 2 rings (SSSR count). The molecule has 0 bridgehead atoms. The third-order valence-electron chi connectivity index (χ3n) is 1.70. The van der Waals surface area contributed by atoms with Crippen LogP contribution in [0.4, 0.5) is 5.69 Å². The molecular weight excluding hydrogens is 154 g/mol. The number of H-pyrrole nitrogens is 1. The summed E-state index contributed by atoms with van der Waals surface area (Å²) < 4.78 is 0. The maximum absolute atomic E-state index is 8.61. The first-order valence-corrected chi connectivity index (χ1v) is 3.68. The van der Waals surface area contributed by atoms with Gasteiger partial charge in [0, 0.05) is 5.69 Å². The number of rotatable bonds is 2. The molecule has 2 aromatic rings. The maximum Gasteiger partial charge on any atom is 0.113 e. The van der Waals surface area contributed by atoms with E-state index in [1.165, 1.54) is 0 Å². The summed E-state index contributed by atoms with van der Waals surface area (Å²) in [7, 11) is 0. The third-order valence-corrected chi connectivity index (χ3v) is 1.70. The highest BCUT2D eigenvalue weighted by molar-refractivity contribution is 5.78. The summed E-state index contributed by atoms with van der Waals surface area (Å²) in [5.74, 6) is 0. The van der Waals surface area contributed by atoms with Gasteiger partial charge in [0.1, 0.15) is 6.73 Å². The topological polar surface area (TPSA) is 60.9 Å². The smallest absolute Gasteiger partial charge is 0.113 e. The second kappa shape index (κ2) is 2.83. The van der Waals surface area contributed by atoms with E-state index in [0.29, 0.717) is 0 Å². The van der Waals surface area contributed by atoms with Crippen LogP contribution in [0.2, 0.25) is 0 Å². The Morgan fingerprint density at radius 1 is 1.50 bits per heavy atom. The van der Waals surface area contributed by atoms with Gasteiger partial charge in [-0.3, -0.25) is 0 Å². The zero-order valence-corrected chi connectivity index (χ0v) is 6.41. The van der Waals surface area contributed by atoms with E-state index in [9.17, 15) is 0 Å². The molecule has 0 unspecified atom stereocenters. The second-order valence-corrected chi connectivity index (χ2v) is 2.47. The largest absolute Gasteiger partial charge is 0.377 e. The van der Waals surface area contributed by atoms with Crippen molar-refractivity contribution in [1.82, 2.24) is 9.97 Å². The van der Waals surface area contributed by atoms with Crippen LogP contribution in [0.5, 0.6) is 0 Å². The van der Waals surface area contributed by atoms with Crippen molar-refractivity contribution in [1.29, 1.82) is 0 Å². The maximum atomic E-state index is 8.61. The highest BCUT2D eigenvalue weighted by Crippen LogP contribution is 2.14. The number of imidazole rings is 1. The van der Waals surface area contributed by atoms with E-state index < -0.39 is 0 Å². The van der Waals surface area contributed by atoms with Crippen molar-refractivity contribution in [2.45, 2.75) is 0 Å². The quantitative estimate of drug-likeness (QED) is 0.577. The number of nitrogens with zero attached hydrogens (tertiary/aromatic N) is 1. The summed E-state index contributed by atoms with van der Waals surface area (Å²) in [4.78, 5) is 7.06. The first-order chi connectivity index (χ1) is 5.90. The van der Waals surface area contributed by atoms with Gasteiger partial charge < -0.3 is 15.4 Å². The minimum Gasteiger partial charge on any atom is -0.377 e. The average Bonchev–Trinajstić information content (AvgIpc) is 2.51. The number of aromatic amines is 1. The van der Waals surface area contributed by atoms with Crippen LogP contribution in [-0.4, -0.2) is 21.8 Å². The van der Waals surface area contributed by atoms with E-state index in [2.05, 4.69) is 15.3 Å². The number of hydrogen-bond acceptors (Lipinski definition) is 3. The fourth-order valence-corrected chi connectivity index (χ4v) is 1.14. The second-order valence-electron chi connectivity index (χ2n) is 2.47. The molecule has 1 aromatic carbocycles. The van der Waals surface area contributed by atoms with Gasteiger partial charge in [-0.05, 0) is 18.2 Å². The molecular formula is C8H9N3O. The molecule has 1 heterocycles. The van der Waals surface area contributed by atoms with Gasteiger partial charge in [0.05, 0.1) is 17.4 Å². The molecule has 4 heteroatoms. The van der Waals surface area contributed by atoms with E-state index in [1.807, 2.05) is 18.2 Å². The fraction of sp³-hybridized carbons (Fsp3) is 0.125. The van der Waals surface area contributed by atoms with Crippen molar-refractivity contribution in [3.8, 4) is 0 Å².